The summed E-state index contributed by atoms with van der Waals surface area (Å²) in [7, 11) is 0. The lowest BCUT2D eigenvalue weighted by Crippen LogP contribution is -3.00. The average molecular weight is 441 g/mol. The molecule has 21 heavy (non-hydrogen) atoms. The molecule has 0 radical (unpaired) electrons. The van der Waals surface area contributed by atoms with E-state index in [4.69, 9.17) is 23.2 Å². The zero-order chi connectivity index (χ0) is 14.7. The topological polar surface area (TPSA) is 8.81 Å². The van der Waals surface area contributed by atoms with Gasteiger partial charge in [-0.15, -0.1) is 0 Å². The van der Waals surface area contributed by atoms with Gasteiger partial charge in [0.15, 0.2) is 11.0 Å². The van der Waals surface area contributed by atoms with Gasteiger partial charge < -0.3 is 24.0 Å². The summed E-state index contributed by atoms with van der Waals surface area (Å²) in [5, 5.41) is 1.27. The Bertz CT molecular complexity index is 557. The minimum Gasteiger partial charge on any atom is -1.00 e. The second kappa shape index (κ2) is 8.59. The Morgan fingerprint density at radius 3 is 2.29 bits per heavy atom. The molecule has 0 spiro atoms. The summed E-state index contributed by atoms with van der Waals surface area (Å²) < 4.78 is 4.74. The van der Waals surface area contributed by atoms with E-state index < -0.39 is 0 Å². The van der Waals surface area contributed by atoms with E-state index in [2.05, 4.69) is 29.9 Å². The van der Waals surface area contributed by atoms with Crippen LogP contribution in [0.25, 0.3) is 11.0 Å². The van der Waals surface area contributed by atoms with Crippen LogP contribution in [0.1, 0.15) is 45.4 Å². The van der Waals surface area contributed by atoms with Gasteiger partial charge >= 0.3 is 0 Å². The summed E-state index contributed by atoms with van der Waals surface area (Å²) >= 11 is 12.4. The number of hydrogen-bond donors (Lipinski definition) is 0. The molecule has 0 fully saturated rings. The SMILES string of the molecule is CCCCn1c(C)[n+](CCCC)c2cc(Cl)c(Cl)cc21.[I-]. The van der Waals surface area contributed by atoms with Gasteiger partial charge in [0.2, 0.25) is 0 Å². The van der Waals surface area contributed by atoms with E-state index in [0.29, 0.717) is 10.0 Å². The van der Waals surface area contributed by atoms with Crippen LogP contribution in [-0.4, -0.2) is 4.57 Å². The third kappa shape index (κ3) is 4.05. The molecule has 1 aromatic carbocycles. The Morgan fingerprint density at radius 2 is 1.67 bits per heavy atom. The first-order chi connectivity index (χ1) is 9.60. The molecule has 0 saturated carbocycles. The Labute approximate surface area is 154 Å². The molecule has 0 aliphatic carbocycles. The van der Waals surface area contributed by atoms with Gasteiger partial charge in [0.1, 0.15) is 0 Å². The van der Waals surface area contributed by atoms with Crippen molar-refractivity contribution < 1.29 is 28.5 Å². The van der Waals surface area contributed by atoms with Gasteiger partial charge in [0.05, 0.1) is 23.1 Å². The van der Waals surface area contributed by atoms with E-state index in [9.17, 15) is 0 Å². The minimum atomic E-state index is 0. The fourth-order valence-electron chi connectivity index (χ4n) is 2.65. The van der Waals surface area contributed by atoms with Crippen molar-refractivity contribution in [3.63, 3.8) is 0 Å². The smallest absolute Gasteiger partial charge is 0.254 e. The summed E-state index contributed by atoms with van der Waals surface area (Å²) in [6.07, 6.45) is 4.74. The predicted octanol–water partition coefficient (Wildman–Crippen LogP) is 2.15. The molecule has 0 N–H and O–H groups in total. The molecule has 1 heterocycles. The minimum absolute atomic E-state index is 0. The van der Waals surface area contributed by atoms with Crippen LogP contribution in [0.2, 0.25) is 10.0 Å². The number of aryl methyl sites for hydroxylation is 2. The largest absolute Gasteiger partial charge is 1.00 e. The molecule has 118 valence electrons. The van der Waals surface area contributed by atoms with Crippen LogP contribution in [0.5, 0.6) is 0 Å². The number of rotatable bonds is 6. The Balaban J connectivity index is 0.00000220. The Morgan fingerprint density at radius 1 is 1.05 bits per heavy atom. The van der Waals surface area contributed by atoms with Crippen LogP contribution in [-0.2, 0) is 13.1 Å². The van der Waals surface area contributed by atoms with Crippen molar-refractivity contribution >= 4 is 34.2 Å². The number of halogens is 3. The molecular formula is C16H23Cl2IN2. The summed E-state index contributed by atoms with van der Waals surface area (Å²) in [6.45, 7) is 8.70. The number of nitrogens with zero attached hydrogens (tertiary/aromatic N) is 2. The molecule has 0 aliphatic heterocycles. The number of benzene rings is 1. The maximum Gasteiger partial charge on any atom is 0.254 e. The van der Waals surface area contributed by atoms with Crippen LogP contribution in [0.15, 0.2) is 12.1 Å². The molecule has 1 aromatic heterocycles. The highest BCUT2D eigenvalue weighted by molar-refractivity contribution is 6.42. The first-order valence-electron chi connectivity index (χ1n) is 7.47. The lowest BCUT2D eigenvalue weighted by Gasteiger charge is -2.00. The van der Waals surface area contributed by atoms with Gasteiger partial charge in [-0.25, -0.2) is 9.13 Å². The third-order valence-corrected chi connectivity index (χ3v) is 4.57. The van der Waals surface area contributed by atoms with Crippen molar-refractivity contribution in [2.45, 2.75) is 59.5 Å². The lowest BCUT2D eigenvalue weighted by molar-refractivity contribution is -0.678. The molecule has 2 rings (SSSR count). The predicted molar refractivity (Wildman–Crippen MR) is 86.7 cm³/mol. The highest BCUT2D eigenvalue weighted by Gasteiger charge is 2.22. The van der Waals surface area contributed by atoms with Gasteiger partial charge in [-0.3, -0.25) is 0 Å². The van der Waals surface area contributed by atoms with Gasteiger partial charge in [-0.2, -0.15) is 0 Å². The number of unbranched alkanes of at least 4 members (excludes halogenated alkanes) is 2. The number of hydrogen-bond acceptors (Lipinski definition) is 0. The van der Waals surface area contributed by atoms with Gasteiger partial charge in [-0.05, 0) is 12.8 Å². The maximum atomic E-state index is 6.21. The second-order valence-electron chi connectivity index (χ2n) is 5.31. The van der Waals surface area contributed by atoms with Gasteiger partial charge in [0, 0.05) is 19.1 Å². The second-order valence-corrected chi connectivity index (χ2v) is 6.13. The van der Waals surface area contributed by atoms with E-state index in [1.165, 1.54) is 42.5 Å². The van der Waals surface area contributed by atoms with Crippen molar-refractivity contribution in [2.75, 3.05) is 0 Å². The molecule has 0 aliphatic rings. The zero-order valence-electron chi connectivity index (χ0n) is 12.9. The highest BCUT2D eigenvalue weighted by atomic mass is 127. The molecule has 0 bridgehead atoms. The van der Waals surface area contributed by atoms with E-state index in [0.717, 1.165) is 13.1 Å². The van der Waals surface area contributed by atoms with E-state index >= 15 is 0 Å². The standard InChI is InChI=1S/C16H23Cl2N2.HI/c1-4-6-8-19-12(3)20(9-7-5-2)16-11-14(18)13(17)10-15(16)19;/h10-11H,4-9H2,1-3H3;1H/q+1;/p-1. The lowest BCUT2D eigenvalue weighted by atomic mass is 10.3. The summed E-state index contributed by atoms with van der Waals surface area (Å²) in [5.41, 5.74) is 2.39. The van der Waals surface area contributed by atoms with Crippen LogP contribution < -0.4 is 28.5 Å². The first-order valence-corrected chi connectivity index (χ1v) is 8.23. The number of fused-ring (bicyclic) bond motifs is 1. The normalized spacial score (nSPS) is 10.9. The fourth-order valence-corrected chi connectivity index (χ4v) is 2.97. The average Bonchev–Trinajstić information content (AvgIpc) is 2.67. The van der Waals surface area contributed by atoms with E-state index in [1.54, 1.807) is 0 Å². The summed E-state index contributed by atoms with van der Waals surface area (Å²) in [5.74, 6) is 1.29. The highest BCUT2D eigenvalue weighted by Crippen LogP contribution is 2.28. The maximum absolute atomic E-state index is 6.21. The van der Waals surface area contributed by atoms with Crippen molar-refractivity contribution in [1.82, 2.24) is 4.57 Å². The van der Waals surface area contributed by atoms with Crippen molar-refractivity contribution in [1.29, 1.82) is 0 Å². The van der Waals surface area contributed by atoms with Crippen molar-refractivity contribution in [3.05, 3.63) is 28.0 Å². The van der Waals surface area contributed by atoms with Crippen molar-refractivity contribution in [3.8, 4) is 0 Å². The summed E-state index contributed by atoms with van der Waals surface area (Å²) in [6, 6.07) is 4.01. The molecule has 0 atom stereocenters. The molecular weight excluding hydrogens is 418 g/mol. The van der Waals surface area contributed by atoms with Crippen LogP contribution in [0, 0.1) is 6.92 Å². The third-order valence-electron chi connectivity index (χ3n) is 3.85. The van der Waals surface area contributed by atoms with Crippen LogP contribution >= 0.6 is 23.2 Å². The molecule has 0 amide bonds. The first kappa shape index (κ1) is 19.0. The monoisotopic (exact) mass is 440 g/mol. The summed E-state index contributed by atoms with van der Waals surface area (Å²) in [4.78, 5) is 0. The quantitative estimate of drug-likeness (QED) is 0.480. The fraction of sp³-hybridized carbons (Fsp3) is 0.562. The Kier molecular flexibility index (Phi) is 7.79. The number of aromatic nitrogens is 2. The Hall–Kier alpha value is -0.000000000000000111. The molecule has 0 saturated heterocycles. The van der Waals surface area contributed by atoms with Gasteiger partial charge in [-0.1, -0.05) is 49.9 Å². The molecule has 5 heteroatoms. The van der Waals surface area contributed by atoms with Crippen LogP contribution in [0.4, 0.5) is 0 Å². The van der Waals surface area contributed by atoms with Gasteiger partial charge in [0.25, 0.3) is 5.82 Å². The van der Waals surface area contributed by atoms with E-state index in [1.807, 2.05) is 12.1 Å². The van der Waals surface area contributed by atoms with E-state index in [-0.39, 0.29) is 24.0 Å². The zero-order valence-corrected chi connectivity index (χ0v) is 16.6. The molecule has 2 nitrogen and oxygen atoms in total. The number of imidazole rings is 1. The molecule has 0 unspecified atom stereocenters. The van der Waals surface area contributed by atoms with Crippen molar-refractivity contribution in [2.24, 2.45) is 0 Å². The molecule has 2 aromatic rings. The van der Waals surface area contributed by atoms with Crippen LogP contribution in [0.3, 0.4) is 0 Å².